The molecule has 1 unspecified atom stereocenters. The molecule has 0 amide bonds. The van der Waals surface area contributed by atoms with Gasteiger partial charge in [-0.3, -0.25) is 4.99 Å². The van der Waals surface area contributed by atoms with Crippen molar-refractivity contribution in [1.82, 2.24) is 10.9 Å². The second-order valence-electron chi connectivity index (χ2n) is 4.74. The van der Waals surface area contributed by atoms with Crippen LogP contribution in [0.15, 0.2) is 4.99 Å². The van der Waals surface area contributed by atoms with E-state index in [4.69, 9.17) is 0 Å². The Morgan fingerprint density at radius 1 is 1.46 bits per heavy atom. The van der Waals surface area contributed by atoms with Gasteiger partial charge in [-0.25, -0.2) is 5.43 Å². The highest BCUT2D eigenvalue weighted by molar-refractivity contribution is 5.55. The fraction of sp³-hybridized carbons (Fsp3) is 0.900. The van der Waals surface area contributed by atoms with Gasteiger partial charge in [0.2, 0.25) is 0 Å². The molecule has 1 aliphatic carbocycles. The molecule has 2 aliphatic rings. The first-order valence-corrected chi connectivity index (χ1v) is 5.28. The van der Waals surface area contributed by atoms with E-state index < -0.39 is 0 Å². The summed E-state index contributed by atoms with van der Waals surface area (Å²) in [4.78, 5) is 4.32. The topological polar surface area (TPSA) is 36.4 Å². The van der Waals surface area contributed by atoms with Crippen LogP contribution in [-0.2, 0) is 0 Å². The highest BCUT2D eigenvalue weighted by Crippen LogP contribution is 2.40. The van der Waals surface area contributed by atoms with Crippen molar-refractivity contribution < 1.29 is 0 Å². The Labute approximate surface area is 80.0 Å². The number of rotatable bonds is 3. The molecule has 0 radical (unpaired) electrons. The van der Waals surface area contributed by atoms with Gasteiger partial charge in [-0.1, -0.05) is 13.8 Å². The molecule has 1 aliphatic heterocycles. The van der Waals surface area contributed by atoms with E-state index in [9.17, 15) is 0 Å². The van der Waals surface area contributed by atoms with E-state index in [0.717, 1.165) is 17.8 Å². The molecule has 2 rings (SSSR count). The summed E-state index contributed by atoms with van der Waals surface area (Å²) in [6.07, 6.45) is 6.22. The molecule has 3 nitrogen and oxygen atoms in total. The molecular formula is C10H19N3. The van der Waals surface area contributed by atoms with E-state index >= 15 is 0 Å². The number of hydrogen-bond donors (Lipinski definition) is 2. The lowest BCUT2D eigenvalue weighted by Gasteiger charge is -2.38. The SMILES string of the molecule is CC(C)CC1CC(C2N=CNN2)C1. The van der Waals surface area contributed by atoms with Crippen LogP contribution in [0.4, 0.5) is 0 Å². The van der Waals surface area contributed by atoms with Gasteiger partial charge in [0, 0.05) is 0 Å². The van der Waals surface area contributed by atoms with Crippen molar-refractivity contribution in [2.45, 2.75) is 39.3 Å². The third-order valence-electron chi connectivity index (χ3n) is 3.05. The van der Waals surface area contributed by atoms with Gasteiger partial charge in [0.1, 0.15) is 6.17 Å². The summed E-state index contributed by atoms with van der Waals surface area (Å²) in [5.74, 6) is 2.58. The number of hydrogen-bond acceptors (Lipinski definition) is 3. The van der Waals surface area contributed by atoms with Crippen molar-refractivity contribution in [3.05, 3.63) is 0 Å². The van der Waals surface area contributed by atoms with Gasteiger partial charge in [0.15, 0.2) is 0 Å². The van der Waals surface area contributed by atoms with Crippen LogP contribution in [0.5, 0.6) is 0 Å². The van der Waals surface area contributed by atoms with Crippen molar-refractivity contribution in [1.29, 1.82) is 0 Å². The minimum atomic E-state index is 0.350. The summed E-state index contributed by atoms with van der Waals surface area (Å²) < 4.78 is 0. The van der Waals surface area contributed by atoms with E-state index in [-0.39, 0.29) is 0 Å². The first-order chi connectivity index (χ1) is 6.25. The summed E-state index contributed by atoms with van der Waals surface area (Å²) in [6, 6.07) is 0. The Morgan fingerprint density at radius 3 is 2.77 bits per heavy atom. The highest BCUT2D eigenvalue weighted by Gasteiger charge is 2.35. The predicted molar refractivity (Wildman–Crippen MR) is 54.2 cm³/mol. The molecule has 3 heteroatoms. The van der Waals surface area contributed by atoms with Gasteiger partial charge in [-0.05, 0) is 37.0 Å². The standard InChI is InChI=1S/C10H19N3/c1-7(2)3-8-4-9(5-8)10-11-6-12-13-10/h6-10,13H,3-5H2,1-2H3,(H,11,12). The summed E-state index contributed by atoms with van der Waals surface area (Å²) in [6.45, 7) is 4.61. The maximum atomic E-state index is 4.32. The van der Waals surface area contributed by atoms with E-state index in [2.05, 4.69) is 29.7 Å². The lowest BCUT2D eigenvalue weighted by molar-refractivity contribution is 0.128. The van der Waals surface area contributed by atoms with Crippen LogP contribution in [0.2, 0.25) is 0 Å². The van der Waals surface area contributed by atoms with Gasteiger partial charge in [-0.2, -0.15) is 0 Å². The third-order valence-corrected chi connectivity index (χ3v) is 3.05. The zero-order valence-electron chi connectivity index (χ0n) is 8.46. The molecule has 1 saturated carbocycles. The molecule has 1 atom stereocenters. The van der Waals surface area contributed by atoms with Crippen LogP contribution in [0, 0.1) is 17.8 Å². The van der Waals surface area contributed by atoms with Crippen molar-refractivity contribution >= 4 is 6.34 Å². The Kier molecular flexibility index (Phi) is 2.54. The molecule has 74 valence electrons. The fourth-order valence-corrected chi connectivity index (χ4v) is 2.42. The quantitative estimate of drug-likeness (QED) is 0.692. The average molecular weight is 181 g/mol. The van der Waals surface area contributed by atoms with Crippen LogP contribution in [0.25, 0.3) is 0 Å². The van der Waals surface area contributed by atoms with Crippen LogP contribution in [0.3, 0.4) is 0 Å². The van der Waals surface area contributed by atoms with Crippen molar-refractivity contribution in [3.63, 3.8) is 0 Å². The first kappa shape index (κ1) is 9.00. The molecular weight excluding hydrogens is 162 g/mol. The van der Waals surface area contributed by atoms with E-state index in [0.29, 0.717) is 6.17 Å². The van der Waals surface area contributed by atoms with Gasteiger partial charge >= 0.3 is 0 Å². The molecule has 0 spiro atoms. The Morgan fingerprint density at radius 2 is 2.23 bits per heavy atom. The molecule has 13 heavy (non-hydrogen) atoms. The first-order valence-electron chi connectivity index (χ1n) is 5.28. The van der Waals surface area contributed by atoms with Crippen LogP contribution in [-0.4, -0.2) is 12.5 Å². The molecule has 1 heterocycles. The van der Waals surface area contributed by atoms with E-state index in [1.54, 1.807) is 6.34 Å². The average Bonchev–Trinajstić information content (AvgIpc) is 2.46. The fourth-order valence-electron chi connectivity index (χ4n) is 2.42. The molecule has 0 aromatic rings. The maximum Gasteiger partial charge on any atom is 0.121 e. The van der Waals surface area contributed by atoms with Crippen molar-refractivity contribution in [2.75, 3.05) is 0 Å². The zero-order chi connectivity index (χ0) is 9.26. The Balaban J connectivity index is 1.69. The van der Waals surface area contributed by atoms with Crippen LogP contribution < -0.4 is 10.9 Å². The molecule has 1 fully saturated rings. The summed E-state index contributed by atoms with van der Waals surface area (Å²) in [5.41, 5.74) is 6.10. The predicted octanol–water partition coefficient (Wildman–Crippen LogP) is 1.52. The number of nitrogens with zero attached hydrogens (tertiary/aromatic N) is 1. The van der Waals surface area contributed by atoms with Gasteiger partial charge in [0.25, 0.3) is 0 Å². The van der Waals surface area contributed by atoms with Gasteiger partial charge < -0.3 is 5.43 Å². The molecule has 2 N–H and O–H groups in total. The summed E-state index contributed by atoms with van der Waals surface area (Å²) in [5, 5.41) is 0. The second kappa shape index (κ2) is 3.66. The summed E-state index contributed by atoms with van der Waals surface area (Å²) in [7, 11) is 0. The largest absolute Gasteiger partial charge is 0.310 e. The smallest absolute Gasteiger partial charge is 0.121 e. The van der Waals surface area contributed by atoms with Gasteiger partial charge in [0.05, 0.1) is 6.34 Å². The lowest BCUT2D eigenvalue weighted by atomic mass is 9.70. The zero-order valence-corrected chi connectivity index (χ0v) is 8.46. The van der Waals surface area contributed by atoms with Crippen LogP contribution in [0.1, 0.15) is 33.1 Å². The summed E-state index contributed by atoms with van der Waals surface area (Å²) >= 11 is 0. The number of hydrazine groups is 1. The van der Waals surface area contributed by atoms with Gasteiger partial charge in [-0.15, -0.1) is 0 Å². The monoisotopic (exact) mass is 181 g/mol. The molecule has 0 aromatic heterocycles. The second-order valence-corrected chi connectivity index (χ2v) is 4.74. The lowest BCUT2D eigenvalue weighted by Crippen LogP contribution is -2.42. The molecule has 0 bridgehead atoms. The third kappa shape index (κ3) is 2.02. The Bertz CT molecular complexity index is 194. The van der Waals surface area contributed by atoms with E-state index in [1.807, 2.05) is 0 Å². The highest BCUT2D eigenvalue weighted by atomic mass is 15.5. The minimum absolute atomic E-state index is 0.350. The Hall–Kier alpha value is -0.570. The molecule has 0 aromatic carbocycles. The number of nitrogens with one attached hydrogen (secondary N) is 2. The van der Waals surface area contributed by atoms with Crippen molar-refractivity contribution in [3.8, 4) is 0 Å². The van der Waals surface area contributed by atoms with Crippen molar-refractivity contribution in [2.24, 2.45) is 22.7 Å². The normalized spacial score (nSPS) is 37.6. The van der Waals surface area contributed by atoms with Crippen LogP contribution >= 0.6 is 0 Å². The minimum Gasteiger partial charge on any atom is -0.310 e. The molecule has 0 saturated heterocycles. The van der Waals surface area contributed by atoms with E-state index in [1.165, 1.54) is 19.3 Å². The number of aliphatic imine (C=N–C) groups is 1. The maximum absolute atomic E-state index is 4.32.